The van der Waals surface area contributed by atoms with Gasteiger partial charge in [0.2, 0.25) is 5.91 Å². The van der Waals surface area contributed by atoms with Crippen LogP contribution in [-0.2, 0) is 20.0 Å². The molecule has 1 saturated carbocycles. The molecule has 2 N–H and O–H groups in total. The van der Waals surface area contributed by atoms with Gasteiger partial charge in [0.1, 0.15) is 16.7 Å². The number of carbonyl (C=O) groups excluding carboxylic acids is 1. The number of likely N-dealkylation sites (tertiary alicyclic amines) is 4. The summed E-state index contributed by atoms with van der Waals surface area (Å²) in [6.45, 7) is 8.40. The van der Waals surface area contributed by atoms with Gasteiger partial charge in [-0.2, -0.15) is 0 Å². The Balaban J connectivity index is 0.869. The van der Waals surface area contributed by atoms with E-state index in [0.717, 1.165) is 89.0 Å². The molecule has 14 heteroatoms. The van der Waals surface area contributed by atoms with E-state index in [4.69, 9.17) is 0 Å². The van der Waals surface area contributed by atoms with Crippen molar-refractivity contribution in [1.29, 1.82) is 0 Å². The molecule has 6 aliphatic rings. The second kappa shape index (κ2) is 17.8. The molecular formula is C45H62F2N6O5S. The Morgan fingerprint density at radius 3 is 2.27 bits per heavy atom. The van der Waals surface area contributed by atoms with E-state index in [0.29, 0.717) is 32.6 Å². The van der Waals surface area contributed by atoms with Gasteiger partial charge >= 0.3 is 6.09 Å². The Morgan fingerprint density at radius 2 is 1.59 bits per heavy atom. The van der Waals surface area contributed by atoms with E-state index >= 15 is 4.39 Å². The minimum atomic E-state index is -3.62. The second-order valence-corrected chi connectivity index (χ2v) is 20.5. The molecule has 6 fully saturated rings. The Hall–Kier alpha value is -3.59. The van der Waals surface area contributed by atoms with Crippen molar-refractivity contribution in [2.45, 2.75) is 91.5 Å². The number of amides is 2. The lowest BCUT2D eigenvalue weighted by molar-refractivity contribution is -0.129. The first-order valence-corrected chi connectivity index (χ1v) is 23.6. The number of alkyl halides is 1. The van der Waals surface area contributed by atoms with Crippen LogP contribution in [0.1, 0.15) is 69.8 Å². The third kappa shape index (κ3) is 9.21. The lowest BCUT2D eigenvalue weighted by Gasteiger charge is -2.53. The van der Waals surface area contributed by atoms with Crippen LogP contribution in [0.25, 0.3) is 0 Å². The molecule has 8 rings (SSSR count). The Morgan fingerprint density at radius 1 is 0.864 bits per heavy atom. The van der Waals surface area contributed by atoms with Crippen LogP contribution in [0.5, 0.6) is 0 Å². The average Bonchev–Trinajstić information content (AvgIpc) is 3.81. The van der Waals surface area contributed by atoms with Crippen LogP contribution in [0.2, 0.25) is 0 Å². The first-order valence-electron chi connectivity index (χ1n) is 22.1. The summed E-state index contributed by atoms with van der Waals surface area (Å²) in [7, 11) is -3.62. The average molecular weight is 837 g/mol. The molecular weight excluding hydrogens is 775 g/mol. The van der Waals surface area contributed by atoms with Crippen LogP contribution in [0.15, 0.2) is 65.6 Å². The number of nitrogens with zero attached hydrogens (tertiary/aromatic N) is 5. The predicted molar refractivity (Wildman–Crippen MR) is 225 cm³/mol. The molecule has 4 atom stereocenters. The number of piperidine rings is 2. The molecule has 59 heavy (non-hydrogen) atoms. The molecule has 1 unspecified atom stereocenters. The SMILES string of the molecule is O=C(O)N[C@H]1CCC[C@@H]1C(CN1CCC1)(c1cccc(F)c1)C1CCN(C[C@]2(F)CCN(c3ccc(S(=O)(=O)C4CN(C(=O)/C=C/CN5CCCCC5)C4)cc3)C2)CC1. The summed E-state index contributed by atoms with van der Waals surface area (Å²) in [4.78, 5) is 35.4. The molecule has 11 nitrogen and oxygen atoms in total. The van der Waals surface area contributed by atoms with Crippen LogP contribution < -0.4 is 10.2 Å². The highest BCUT2D eigenvalue weighted by atomic mass is 32.2. The zero-order chi connectivity index (χ0) is 41.2. The summed E-state index contributed by atoms with van der Waals surface area (Å²) in [6, 6.07) is 13.5. The normalized spacial score (nSPS) is 27.8. The van der Waals surface area contributed by atoms with Crippen molar-refractivity contribution < 1.29 is 31.9 Å². The molecule has 322 valence electrons. The van der Waals surface area contributed by atoms with Gasteiger partial charge in [-0.1, -0.05) is 31.1 Å². The van der Waals surface area contributed by atoms with Crippen molar-refractivity contribution in [3.05, 3.63) is 72.1 Å². The standard InChI is InChI=1S/C45H62F2N6O5S/c46-36-9-4-8-35(28-36)45(33-50-23-7-24-50,40-10-5-11-41(40)48-43(55)56)34-17-25-51(26-18-34)31-44(47)19-27-52(32-44)37-13-15-38(16-14-37)59(57,58)39-29-53(30-39)42(54)12-6-22-49-20-2-1-3-21-49/h4,6,8-9,12-16,28,34,39-41,48H,1-3,5,7,10-11,17-27,29-33H2,(H,55,56)/b12-6+/t40-,41-,44+,45?/m0/s1. The minimum Gasteiger partial charge on any atom is -0.465 e. The fourth-order valence-electron chi connectivity index (χ4n) is 11.3. The van der Waals surface area contributed by atoms with Gasteiger partial charge in [0.05, 0.1) is 11.4 Å². The van der Waals surface area contributed by atoms with Crippen molar-refractivity contribution in [3.8, 4) is 0 Å². The summed E-state index contributed by atoms with van der Waals surface area (Å²) in [5.41, 5.74) is -0.121. The maximum Gasteiger partial charge on any atom is 0.404 e. The molecule has 2 aromatic carbocycles. The number of benzene rings is 2. The highest BCUT2D eigenvalue weighted by Crippen LogP contribution is 2.51. The summed E-state index contributed by atoms with van der Waals surface area (Å²) < 4.78 is 58.6. The summed E-state index contributed by atoms with van der Waals surface area (Å²) >= 11 is 0. The first-order chi connectivity index (χ1) is 28.4. The van der Waals surface area contributed by atoms with Crippen LogP contribution in [-0.4, -0.2) is 147 Å². The molecule has 5 heterocycles. The molecule has 0 aromatic heterocycles. The van der Waals surface area contributed by atoms with Crippen molar-refractivity contribution in [2.75, 3.05) is 90.0 Å². The van der Waals surface area contributed by atoms with Crippen molar-refractivity contribution >= 4 is 27.5 Å². The number of hydrogen-bond acceptors (Lipinski definition) is 8. The lowest BCUT2D eigenvalue weighted by atomic mass is 9.57. The van der Waals surface area contributed by atoms with Crippen LogP contribution in [0, 0.1) is 17.7 Å². The molecule has 5 saturated heterocycles. The van der Waals surface area contributed by atoms with Gasteiger partial charge in [-0.05, 0) is 138 Å². The van der Waals surface area contributed by atoms with Gasteiger partial charge in [-0.15, -0.1) is 0 Å². The molecule has 1 aliphatic carbocycles. The fourth-order valence-corrected chi connectivity index (χ4v) is 12.9. The number of rotatable bonds is 14. The molecule has 2 amide bonds. The van der Waals surface area contributed by atoms with E-state index in [9.17, 15) is 27.5 Å². The Labute approximate surface area is 348 Å². The van der Waals surface area contributed by atoms with Gasteiger partial charge in [-0.3, -0.25) is 9.69 Å². The number of sulfone groups is 1. The molecule has 0 spiro atoms. The summed E-state index contributed by atoms with van der Waals surface area (Å²) in [5.74, 6) is -0.213. The van der Waals surface area contributed by atoms with Crippen molar-refractivity contribution in [1.82, 2.24) is 24.9 Å². The number of carbonyl (C=O) groups is 2. The maximum absolute atomic E-state index is 16.7. The summed E-state index contributed by atoms with van der Waals surface area (Å²) in [6.07, 6.45) is 11.8. The third-order valence-corrected chi connectivity index (χ3v) is 16.7. The number of nitrogens with one attached hydrogen (secondary N) is 1. The quantitative estimate of drug-likeness (QED) is 0.236. The van der Waals surface area contributed by atoms with Crippen molar-refractivity contribution in [3.63, 3.8) is 0 Å². The predicted octanol–water partition coefficient (Wildman–Crippen LogP) is 5.56. The highest BCUT2D eigenvalue weighted by Gasteiger charge is 2.53. The largest absolute Gasteiger partial charge is 0.465 e. The smallest absolute Gasteiger partial charge is 0.404 e. The van der Waals surface area contributed by atoms with E-state index in [2.05, 4.69) is 20.0 Å². The first kappa shape index (κ1) is 42.1. The zero-order valence-corrected chi connectivity index (χ0v) is 35.1. The Bertz CT molecular complexity index is 1930. The molecule has 2 aromatic rings. The summed E-state index contributed by atoms with van der Waals surface area (Å²) in [5, 5.41) is 12.0. The topological polar surface area (TPSA) is 117 Å². The maximum atomic E-state index is 16.7. The van der Waals surface area contributed by atoms with E-state index in [1.54, 1.807) is 47.4 Å². The Kier molecular flexibility index (Phi) is 12.7. The van der Waals surface area contributed by atoms with E-state index in [-0.39, 0.29) is 54.1 Å². The number of halogens is 2. The van der Waals surface area contributed by atoms with E-state index in [1.807, 2.05) is 17.0 Å². The third-order valence-electron chi connectivity index (χ3n) is 14.6. The minimum absolute atomic E-state index is 0.0314. The number of carboxylic acid groups (broad SMARTS) is 1. The van der Waals surface area contributed by atoms with Gasteiger partial charge in [0.15, 0.2) is 9.84 Å². The van der Waals surface area contributed by atoms with E-state index in [1.165, 1.54) is 25.3 Å². The number of hydrogen-bond donors (Lipinski definition) is 2. The van der Waals surface area contributed by atoms with Crippen molar-refractivity contribution in [2.24, 2.45) is 11.8 Å². The van der Waals surface area contributed by atoms with Crippen LogP contribution in [0.3, 0.4) is 0 Å². The van der Waals surface area contributed by atoms with Gasteiger partial charge in [-0.25, -0.2) is 22.0 Å². The highest BCUT2D eigenvalue weighted by molar-refractivity contribution is 7.92. The lowest BCUT2D eigenvalue weighted by Crippen LogP contribution is -2.59. The van der Waals surface area contributed by atoms with Gasteiger partial charge < -0.3 is 30.0 Å². The van der Waals surface area contributed by atoms with Crippen LogP contribution >= 0.6 is 0 Å². The van der Waals surface area contributed by atoms with Crippen LogP contribution in [0.4, 0.5) is 19.3 Å². The molecule has 5 aliphatic heterocycles. The van der Waals surface area contributed by atoms with Gasteiger partial charge in [0, 0.05) is 68.9 Å². The van der Waals surface area contributed by atoms with Gasteiger partial charge in [0.25, 0.3) is 0 Å². The van der Waals surface area contributed by atoms with E-state index < -0.39 is 32.3 Å². The fraction of sp³-hybridized carbons (Fsp3) is 0.644. The molecule has 0 bridgehead atoms. The zero-order valence-electron chi connectivity index (χ0n) is 34.3. The second-order valence-electron chi connectivity index (χ2n) is 18.3. The molecule has 0 radical (unpaired) electrons. The number of anilines is 1. The monoisotopic (exact) mass is 836 g/mol.